The molecule has 1 aliphatic carbocycles. The van der Waals surface area contributed by atoms with Gasteiger partial charge in [-0.15, -0.1) is 0 Å². The molecule has 0 heteroatoms. The van der Waals surface area contributed by atoms with Gasteiger partial charge in [-0.3, -0.25) is 0 Å². The van der Waals surface area contributed by atoms with Crippen LogP contribution in [0.5, 0.6) is 0 Å². The van der Waals surface area contributed by atoms with Crippen LogP contribution in [0.15, 0.2) is 24.3 Å². The summed E-state index contributed by atoms with van der Waals surface area (Å²) in [5.74, 6) is 0. The van der Waals surface area contributed by atoms with Crippen LogP contribution in [0.2, 0.25) is 0 Å². The van der Waals surface area contributed by atoms with Crippen molar-refractivity contribution in [3.63, 3.8) is 0 Å². The number of rotatable bonds is 0. The minimum atomic E-state index is 1.30. The van der Waals surface area contributed by atoms with E-state index in [9.17, 15) is 0 Å². The summed E-state index contributed by atoms with van der Waals surface area (Å²) < 4.78 is 0. The highest BCUT2D eigenvalue weighted by molar-refractivity contribution is 4.82. The van der Waals surface area contributed by atoms with Crippen molar-refractivity contribution in [2.24, 2.45) is 0 Å². The average molecular weight is 277 g/mol. The van der Waals surface area contributed by atoms with Crippen molar-refractivity contribution in [1.29, 1.82) is 0 Å². The summed E-state index contributed by atoms with van der Waals surface area (Å²) >= 11 is 0. The van der Waals surface area contributed by atoms with E-state index in [1.165, 1.54) is 103 Å². The summed E-state index contributed by atoms with van der Waals surface area (Å²) in [6.45, 7) is 0. The lowest BCUT2D eigenvalue weighted by Gasteiger charge is -2.01. The van der Waals surface area contributed by atoms with E-state index < -0.39 is 0 Å². The van der Waals surface area contributed by atoms with Crippen LogP contribution in [-0.4, -0.2) is 0 Å². The zero-order chi connectivity index (χ0) is 14.1. The second-order valence-corrected chi connectivity index (χ2v) is 6.34. The van der Waals surface area contributed by atoms with Crippen molar-refractivity contribution in [2.45, 2.75) is 103 Å². The van der Waals surface area contributed by atoms with E-state index in [0.717, 1.165) is 0 Å². The predicted octanol–water partition coefficient (Wildman–Crippen LogP) is 7.35. The summed E-state index contributed by atoms with van der Waals surface area (Å²) in [4.78, 5) is 0. The maximum Gasteiger partial charge on any atom is -0.0351 e. The molecule has 0 nitrogen and oxygen atoms in total. The van der Waals surface area contributed by atoms with E-state index in [-0.39, 0.29) is 0 Å². The van der Waals surface area contributed by atoms with Gasteiger partial charge in [0.15, 0.2) is 0 Å². The monoisotopic (exact) mass is 276 g/mol. The lowest BCUT2D eigenvalue weighted by atomic mass is 10.1. The van der Waals surface area contributed by atoms with E-state index in [1.54, 1.807) is 0 Å². The van der Waals surface area contributed by atoms with Crippen molar-refractivity contribution in [2.75, 3.05) is 0 Å². The first-order valence-corrected chi connectivity index (χ1v) is 9.30. The SMILES string of the molecule is C1=C/CCCCCCCCCC/C=C/CCCCCC/1. The van der Waals surface area contributed by atoms with Crippen molar-refractivity contribution < 1.29 is 0 Å². The van der Waals surface area contributed by atoms with E-state index in [0.29, 0.717) is 0 Å². The van der Waals surface area contributed by atoms with Gasteiger partial charge in [0.2, 0.25) is 0 Å². The Labute approximate surface area is 127 Å². The molecule has 0 aliphatic heterocycles. The van der Waals surface area contributed by atoms with Gasteiger partial charge < -0.3 is 0 Å². The van der Waals surface area contributed by atoms with Crippen LogP contribution in [-0.2, 0) is 0 Å². The molecular formula is C20H36. The van der Waals surface area contributed by atoms with Crippen molar-refractivity contribution in [1.82, 2.24) is 0 Å². The Hall–Kier alpha value is -0.520. The molecule has 1 rings (SSSR count). The van der Waals surface area contributed by atoms with Gasteiger partial charge in [0, 0.05) is 0 Å². The first-order valence-electron chi connectivity index (χ1n) is 9.30. The third-order valence-electron chi connectivity index (χ3n) is 4.32. The highest BCUT2D eigenvalue weighted by Crippen LogP contribution is 2.12. The highest BCUT2D eigenvalue weighted by Gasteiger charge is 1.92. The fourth-order valence-electron chi connectivity index (χ4n) is 2.93. The quantitative estimate of drug-likeness (QED) is 0.405. The Kier molecular flexibility index (Phi) is 13.0. The number of hydrogen-bond donors (Lipinski definition) is 0. The van der Waals surface area contributed by atoms with E-state index >= 15 is 0 Å². The molecule has 0 saturated heterocycles. The molecule has 0 unspecified atom stereocenters. The van der Waals surface area contributed by atoms with Gasteiger partial charge in [-0.2, -0.15) is 0 Å². The number of hydrogen-bond acceptors (Lipinski definition) is 0. The second-order valence-electron chi connectivity index (χ2n) is 6.34. The Morgan fingerprint density at radius 1 is 0.250 bits per heavy atom. The molecule has 0 spiro atoms. The van der Waals surface area contributed by atoms with Gasteiger partial charge in [-0.25, -0.2) is 0 Å². The van der Waals surface area contributed by atoms with E-state index in [4.69, 9.17) is 0 Å². The van der Waals surface area contributed by atoms with Crippen LogP contribution in [0.1, 0.15) is 103 Å². The van der Waals surface area contributed by atoms with Gasteiger partial charge in [0.05, 0.1) is 0 Å². The van der Waals surface area contributed by atoms with Crippen molar-refractivity contribution >= 4 is 0 Å². The molecule has 0 bridgehead atoms. The molecular weight excluding hydrogens is 240 g/mol. The third kappa shape index (κ3) is 12.5. The fraction of sp³-hybridized carbons (Fsp3) is 0.800. The van der Waals surface area contributed by atoms with Crippen LogP contribution >= 0.6 is 0 Å². The average Bonchev–Trinajstić information content (AvgIpc) is 2.46. The molecule has 0 aromatic rings. The molecule has 0 amide bonds. The van der Waals surface area contributed by atoms with Gasteiger partial charge in [-0.1, -0.05) is 75.7 Å². The zero-order valence-corrected chi connectivity index (χ0v) is 13.6. The summed E-state index contributed by atoms with van der Waals surface area (Å²) in [5.41, 5.74) is 0. The molecule has 20 heavy (non-hydrogen) atoms. The Balaban J connectivity index is 2.11. The molecule has 0 fully saturated rings. The van der Waals surface area contributed by atoms with Crippen LogP contribution in [0.4, 0.5) is 0 Å². The Morgan fingerprint density at radius 2 is 0.450 bits per heavy atom. The smallest absolute Gasteiger partial charge is 0.0351 e. The summed E-state index contributed by atoms with van der Waals surface area (Å²) in [6.07, 6.45) is 32.0. The van der Waals surface area contributed by atoms with Crippen LogP contribution < -0.4 is 0 Å². The Bertz CT molecular complexity index is 210. The maximum absolute atomic E-state index is 2.42. The fourth-order valence-corrected chi connectivity index (χ4v) is 2.93. The molecule has 1 aliphatic rings. The van der Waals surface area contributed by atoms with Crippen LogP contribution in [0, 0.1) is 0 Å². The molecule has 0 saturated carbocycles. The molecule has 0 aromatic heterocycles. The summed E-state index contributed by atoms with van der Waals surface area (Å²) in [5, 5.41) is 0. The molecule has 0 heterocycles. The largest absolute Gasteiger partial charge is 0.0885 e. The maximum atomic E-state index is 2.42. The molecule has 0 aromatic carbocycles. The zero-order valence-electron chi connectivity index (χ0n) is 13.6. The normalized spacial score (nSPS) is 25.6. The molecule has 0 atom stereocenters. The van der Waals surface area contributed by atoms with Gasteiger partial charge in [0.25, 0.3) is 0 Å². The minimum absolute atomic E-state index is 1.30. The van der Waals surface area contributed by atoms with Crippen LogP contribution in [0.25, 0.3) is 0 Å². The predicted molar refractivity (Wildman–Crippen MR) is 92.2 cm³/mol. The van der Waals surface area contributed by atoms with Crippen molar-refractivity contribution in [3.8, 4) is 0 Å². The standard InChI is InChI=1S/C20H36/c1-2-4-6-8-10-12-14-16-18-20-19-17-15-13-11-9-7-5-3-1/h1-2,15,17H,3-14,16,18-20H2/b2-1+,17-15+. The van der Waals surface area contributed by atoms with E-state index in [1.807, 2.05) is 0 Å². The Morgan fingerprint density at radius 3 is 0.700 bits per heavy atom. The van der Waals surface area contributed by atoms with Gasteiger partial charge in [0.1, 0.15) is 0 Å². The lowest BCUT2D eigenvalue weighted by Crippen LogP contribution is -1.82. The van der Waals surface area contributed by atoms with Gasteiger partial charge >= 0.3 is 0 Å². The lowest BCUT2D eigenvalue weighted by molar-refractivity contribution is 0.570. The van der Waals surface area contributed by atoms with E-state index in [2.05, 4.69) is 24.3 Å². The first kappa shape index (κ1) is 17.5. The van der Waals surface area contributed by atoms with Crippen LogP contribution in [0.3, 0.4) is 0 Å². The topological polar surface area (TPSA) is 0 Å². The van der Waals surface area contributed by atoms with Gasteiger partial charge in [-0.05, 0) is 51.4 Å². The number of allylic oxidation sites excluding steroid dienone is 4. The molecule has 0 radical (unpaired) electrons. The summed E-state index contributed by atoms with van der Waals surface area (Å²) in [7, 11) is 0. The highest BCUT2D eigenvalue weighted by atomic mass is 14.0. The summed E-state index contributed by atoms with van der Waals surface area (Å²) in [6, 6.07) is 0. The molecule has 0 N–H and O–H groups in total. The first-order chi connectivity index (χ1) is 10.0. The van der Waals surface area contributed by atoms with Crippen molar-refractivity contribution in [3.05, 3.63) is 24.3 Å². The second kappa shape index (κ2) is 14.9. The minimum Gasteiger partial charge on any atom is -0.0885 e. The third-order valence-corrected chi connectivity index (χ3v) is 4.32. The molecule has 116 valence electrons.